The maximum absolute atomic E-state index is 9.24. The van der Waals surface area contributed by atoms with Crippen LogP contribution in [0.5, 0.6) is 0 Å². The van der Waals surface area contributed by atoms with Crippen LogP contribution in [0.2, 0.25) is 0 Å². The smallest absolute Gasteiger partial charge is 0.0664 e. The molecule has 2 heteroatoms. The molecule has 0 bridgehead atoms. The van der Waals surface area contributed by atoms with E-state index in [0.717, 1.165) is 25.4 Å². The van der Waals surface area contributed by atoms with E-state index < -0.39 is 0 Å². The van der Waals surface area contributed by atoms with E-state index in [9.17, 15) is 5.11 Å². The highest BCUT2D eigenvalue weighted by molar-refractivity contribution is 4.67. The molecular formula is C8H17NO. The van der Waals surface area contributed by atoms with Crippen molar-refractivity contribution in [3.05, 3.63) is 0 Å². The topological polar surface area (TPSA) is 32.3 Å². The monoisotopic (exact) mass is 143 g/mol. The second kappa shape index (κ2) is 3.94. The Morgan fingerprint density at radius 1 is 1.30 bits per heavy atom. The van der Waals surface area contributed by atoms with E-state index in [1.165, 1.54) is 12.8 Å². The third-order valence-corrected chi connectivity index (χ3v) is 2.11. The van der Waals surface area contributed by atoms with Crippen molar-refractivity contribution in [2.45, 2.75) is 32.3 Å². The van der Waals surface area contributed by atoms with Gasteiger partial charge in [-0.05, 0) is 25.3 Å². The molecule has 2 unspecified atom stereocenters. The lowest BCUT2D eigenvalue weighted by molar-refractivity contribution is 0.146. The van der Waals surface area contributed by atoms with E-state index in [1.54, 1.807) is 0 Å². The zero-order valence-corrected chi connectivity index (χ0v) is 6.64. The van der Waals surface area contributed by atoms with E-state index in [1.807, 2.05) is 0 Å². The van der Waals surface area contributed by atoms with Gasteiger partial charge in [0.15, 0.2) is 0 Å². The molecule has 0 aromatic carbocycles. The predicted octanol–water partition coefficient (Wildman–Crippen LogP) is 0.757. The van der Waals surface area contributed by atoms with Crippen LogP contribution in [0.1, 0.15) is 26.2 Å². The van der Waals surface area contributed by atoms with E-state index in [0.29, 0.717) is 0 Å². The first-order chi connectivity index (χ1) is 4.79. The van der Waals surface area contributed by atoms with Crippen molar-refractivity contribution in [2.24, 2.45) is 5.92 Å². The Labute approximate surface area is 62.6 Å². The third-order valence-electron chi connectivity index (χ3n) is 2.11. The van der Waals surface area contributed by atoms with Gasteiger partial charge in [-0.25, -0.2) is 0 Å². The molecule has 1 aliphatic rings. The highest BCUT2D eigenvalue weighted by Crippen LogP contribution is 2.10. The highest BCUT2D eigenvalue weighted by Gasteiger charge is 2.10. The summed E-state index contributed by atoms with van der Waals surface area (Å²) in [5, 5.41) is 12.5. The standard InChI is InChI=1S/C8H17NO/c1-7-3-2-4-8(10)6-9-5-7/h7-10H,2-6H2,1H3. The highest BCUT2D eigenvalue weighted by atomic mass is 16.3. The molecule has 60 valence electrons. The lowest BCUT2D eigenvalue weighted by atomic mass is 10.00. The van der Waals surface area contributed by atoms with Crippen molar-refractivity contribution >= 4 is 0 Å². The number of aliphatic hydroxyl groups is 1. The molecule has 10 heavy (non-hydrogen) atoms. The Morgan fingerprint density at radius 3 is 2.90 bits per heavy atom. The van der Waals surface area contributed by atoms with Crippen molar-refractivity contribution in [3.8, 4) is 0 Å². The van der Waals surface area contributed by atoms with E-state index in [-0.39, 0.29) is 6.10 Å². The van der Waals surface area contributed by atoms with Gasteiger partial charge in [0, 0.05) is 6.54 Å². The van der Waals surface area contributed by atoms with Crippen LogP contribution < -0.4 is 5.32 Å². The Bertz CT molecular complexity index is 75.3. The fourth-order valence-electron chi connectivity index (χ4n) is 1.40. The molecule has 1 heterocycles. The van der Waals surface area contributed by atoms with Crippen LogP contribution >= 0.6 is 0 Å². The number of hydrogen-bond acceptors (Lipinski definition) is 2. The molecule has 1 aliphatic heterocycles. The summed E-state index contributed by atoms with van der Waals surface area (Å²) in [6, 6.07) is 0. The normalized spacial score (nSPS) is 36.6. The first-order valence-corrected chi connectivity index (χ1v) is 4.18. The van der Waals surface area contributed by atoms with Gasteiger partial charge >= 0.3 is 0 Å². The zero-order valence-electron chi connectivity index (χ0n) is 6.64. The average Bonchev–Trinajstić information content (AvgIpc) is 1.84. The van der Waals surface area contributed by atoms with Gasteiger partial charge in [0.25, 0.3) is 0 Å². The number of β-amino-alcohol motifs (C(OH)–C–C–N with tert-alkyl or cyclic N) is 1. The largest absolute Gasteiger partial charge is 0.392 e. The van der Waals surface area contributed by atoms with Crippen molar-refractivity contribution in [1.29, 1.82) is 0 Å². The summed E-state index contributed by atoms with van der Waals surface area (Å²) >= 11 is 0. The number of rotatable bonds is 0. The van der Waals surface area contributed by atoms with Gasteiger partial charge in [-0.1, -0.05) is 13.3 Å². The maximum Gasteiger partial charge on any atom is 0.0664 e. The van der Waals surface area contributed by atoms with E-state index in [4.69, 9.17) is 0 Å². The molecule has 0 aromatic heterocycles. The third kappa shape index (κ3) is 2.67. The molecule has 1 rings (SSSR count). The molecule has 2 nitrogen and oxygen atoms in total. The van der Waals surface area contributed by atoms with Crippen molar-refractivity contribution in [1.82, 2.24) is 5.32 Å². The summed E-state index contributed by atoms with van der Waals surface area (Å²) in [5.74, 6) is 0.785. The van der Waals surface area contributed by atoms with Gasteiger partial charge in [0.05, 0.1) is 6.10 Å². The average molecular weight is 143 g/mol. The van der Waals surface area contributed by atoms with E-state index >= 15 is 0 Å². The zero-order chi connectivity index (χ0) is 7.40. The van der Waals surface area contributed by atoms with Gasteiger partial charge in [-0.2, -0.15) is 0 Å². The summed E-state index contributed by atoms with van der Waals surface area (Å²) < 4.78 is 0. The van der Waals surface area contributed by atoms with Gasteiger partial charge < -0.3 is 10.4 Å². The maximum atomic E-state index is 9.24. The number of nitrogens with one attached hydrogen (secondary N) is 1. The summed E-state index contributed by atoms with van der Waals surface area (Å²) in [4.78, 5) is 0. The Kier molecular flexibility index (Phi) is 3.16. The molecule has 2 N–H and O–H groups in total. The van der Waals surface area contributed by atoms with Crippen LogP contribution in [-0.4, -0.2) is 24.3 Å². The minimum Gasteiger partial charge on any atom is -0.392 e. The van der Waals surface area contributed by atoms with Crippen molar-refractivity contribution in [2.75, 3.05) is 13.1 Å². The van der Waals surface area contributed by atoms with Gasteiger partial charge in [-0.15, -0.1) is 0 Å². The SMILES string of the molecule is CC1CCCC(O)CNC1. The number of aliphatic hydroxyl groups excluding tert-OH is 1. The molecule has 0 radical (unpaired) electrons. The number of hydrogen-bond donors (Lipinski definition) is 2. The summed E-state index contributed by atoms with van der Waals surface area (Å²) in [6.07, 6.45) is 3.30. The Balaban J connectivity index is 2.21. The lowest BCUT2D eigenvalue weighted by Gasteiger charge is -2.19. The van der Waals surface area contributed by atoms with E-state index in [2.05, 4.69) is 12.2 Å². The van der Waals surface area contributed by atoms with Crippen LogP contribution in [-0.2, 0) is 0 Å². The first kappa shape index (κ1) is 8.02. The molecule has 0 saturated carbocycles. The molecule has 0 spiro atoms. The second-order valence-electron chi connectivity index (χ2n) is 3.35. The van der Waals surface area contributed by atoms with Gasteiger partial charge in [0.2, 0.25) is 0 Å². The van der Waals surface area contributed by atoms with Crippen LogP contribution in [0, 0.1) is 5.92 Å². The van der Waals surface area contributed by atoms with Crippen LogP contribution in [0.4, 0.5) is 0 Å². The summed E-state index contributed by atoms with van der Waals surface area (Å²) in [6.45, 7) is 4.10. The molecule has 1 fully saturated rings. The molecule has 1 saturated heterocycles. The Hall–Kier alpha value is -0.0800. The molecule has 2 atom stereocenters. The van der Waals surface area contributed by atoms with Crippen LogP contribution in [0.3, 0.4) is 0 Å². The second-order valence-corrected chi connectivity index (χ2v) is 3.35. The fraction of sp³-hybridized carbons (Fsp3) is 1.00. The molecule has 0 amide bonds. The lowest BCUT2D eigenvalue weighted by Crippen LogP contribution is -2.32. The first-order valence-electron chi connectivity index (χ1n) is 4.18. The summed E-state index contributed by atoms with van der Waals surface area (Å²) in [7, 11) is 0. The fourth-order valence-corrected chi connectivity index (χ4v) is 1.40. The Morgan fingerprint density at radius 2 is 2.10 bits per heavy atom. The van der Waals surface area contributed by atoms with Crippen LogP contribution in [0.15, 0.2) is 0 Å². The predicted molar refractivity (Wildman–Crippen MR) is 41.9 cm³/mol. The quantitative estimate of drug-likeness (QED) is 0.524. The minimum absolute atomic E-state index is 0.104. The van der Waals surface area contributed by atoms with Crippen molar-refractivity contribution < 1.29 is 5.11 Å². The molecule has 0 aliphatic carbocycles. The molecule has 0 aromatic rings. The van der Waals surface area contributed by atoms with Crippen LogP contribution in [0.25, 0.3) is 0 Å². The van der Waals surface area contributed by atoms with Gasteiger partial charge in [-0.3, -0.25) is 0 Å². The minimum atomic E-state index is -0.104. The van der Waals surface area contributed by atoms with Crippen molar-refractivity contribution in [3.63, 3.8) is 0 Å². The molecular weight excluding hydrogens is 126 g/mol. The van der Waals surface area contributed by atoms with Gasteiger partial charge in [0.1, 0.15) is 0 Å². The summed E-state index contributed by atoms with van der Waals surface area (Å²) in [5.41, 5.74) is 0.